The smallest absolute Gasteiger partial charge is 0.287 e. The van der Waals surface area contributed by atoms with Crippen LogP contribution in [0.3, 0.4) is 0 Å². The van der Waals surface area contributed by atoms with Gasteiger partial charge in [-0.2, -0.15) is 5.10 Å². The molecule has 5 nitrogen and oxygen atoms in total. The van der Waals surface area contributed by atoms with E-state index in [0.29, 0.717) is 23.1 Å². The number of ether oxygens (including phenoxy) is 1. The van der Waals surface area contributed by atoms with E-state index in [1.165, 1.54) is 38.5 Å². The molecule has 0 atom stereocenters. The molecule has 0 fully saturated rings. The second-order valence-electron chi connectivity index (χ2n) is 8.01. The number of carbonyl (C=O) groups excluding carboxylic acids is 1. The Morgan fingerprint density at radius 1 is 1.06 bits per heavy atom. The van der Waals surface area contributed by atoms with Gasteiger partial charge in [0.05, 0.1) is 17.8 Å². The maximum Gasteiger partial charge on any atom is 0.287 e. The maximum absolute atomic E-state index is 12.5. The predicted octanol–water partition coefficient (Wildman–Crippen LogP) is 6.73. The molecule has 0 aliphatic rings. The Bertz CT molecular complexity index is 1060. The third kappa shape index (κ3) is 6.60. The van der Waals surface area contributed by atoms with Gasteiger partial charge in [0.25, 0.3) is 5.91 Å². The number of hydrazone groups is 1. The number of halogens is 1. The second kappa shape index (κ2) is 12.3. The zero-order valence-corrected chi connectivity index (χ0v) is 19.7. The van der Waals surface area contributed by atoms with Crippen LogP contribution >= 0.6 is 11.6 Å². The topological polar surface area (TPSA) is 55.6 Å². The maximum atomic E-state index is 12.5. The number of fused-ring (bicyclic) bond motifs is 1. The molecule has 32 heavy (non-hydrogen) atoms. The van der Waals surface area contributed by atoms with Crippen LogP contribution in [-0.2, 0) is 7.05 Å². The highest BCUT2D eigenvalue weighted by atomic mass is 35.5. The van der Waals surface area contributed by atoms with Crippen molar-refractivity contribution in [1.82, 2.24) is 9.99 Å². The second-order valence-corrected chi connectivity index (χ2v) is 8.41. The number of nitrogens with zero attached hydrogens (tertiary/aromatic N) is 2. The summed E-state index contributed by atoms with van der Waals surface area (Å²) in [6.45, 7) is 2.90. The van der Waals surface area contributed by atoms with Gasteiger partial charge in [-0.05, 0) is 42.3 Å². The number of rotatable bonds is 12. The quantitative estimate of drug-likeness (QED) is 0.188. The molecule has 0 bridgehead atoms. The lowest BCUT2D eigenvalue weighted by molar-refractivity contribution is 0.0947. The summed E-state index contributed by atoms with van der Waals surface area (Å²) in [5.41, 5.74) is 4.92. The van der Waals surface area contributed by atoms with Gasteiger partial charge in [-0.1, -0.05) is 75.2 Å². The molecular weight excluding hydrogens is 422 g/mol. The molecule has 6 heteroatoms. The van der Waals surface area contributed by atoms with Crippen LogP contribution in [0.15, 0.2) is 53.6 Å². The Balaban J connectivity index is 1.46. The van der Waals surface area contributed by atoms with E-state index in [4.69, 9.17) is 16.3 Å². The molecule has 0 spiro atoms. The molecule has 0 radical (unpaired) electrons. The molecule has 3 aromatic rings. The molecule has 0 saturated carbocycles. The minimum Gasteiger partial charge on any atom is -0.492 e. The van der Waals surface area contributed by atoms with Crippen LogP contribution in [0.2, 0.25) is 5.02 Å². The first-order valence-electron chi connectivity index (χ1n) is 11.4. The van der Waals surface area contributed by atoms with Gasteiger partial charge in [-0.25, -0.2) is 5.43 Å². The van der Waals surface area contributed by atoms with Crippen molar-refractivity contribution >= 4 is 34.6 Å². The molecule has 2 aromatic carbocycles. The van der Waals surface area contributed by atoms with Crippen molar-refractivity contribution in [2.45, 2.75) is 51.9 Å². The number of amides is 1. The van der Waals surface area contributed by atoms with Gasteiger partial charge >= 0.3 is 0 Å². The van der Waals surface area contributed by atoms with E-state index in [-0.39, 0.29) is 5.91 Å². The molecule has 0 saturated heterocycles. The molecular formula is C26H32ClN3O2. The first-order chi connectivity index (χ1) is 15.6. The summed E-state index contributed by atoms with van der Waals surface area (Å²) in [5.74, 6) is 0.412. The molecule has 0 aliphatic heterocycles. The summed E-state index contributed by atoms with van der Waals surface area (Å²) in [7, 11) is 1.87. The van der Waals surface area contributed by atoms with Crippen molar-refractivity contribution in [1.29, 1.82) is 0 Å². The number of unbranched alkanes of at least 4 members (excludes halogenated alkanes) is 6. The third-order valence-electron chi connectivity index (χ3n) is 5.53. The molecule has 0 unspecified atom stereocenters. The summed E-state index contributed by atoms with van der Waals surface area (Å²) < 4.78 is 7.67. The number of nitrogens with one attached hydrogen (secondary N) is 1. The molecule has 3 rings (SSSR count). The lowest BCUT2D eigenvalue weighted by Crippen LogP contribution is -2.20. The number of benzene rings is 2. The average molecular weight is 454 g/mol. The lowest BCUT2D eigenvalue weighted by atomic mass is 10.1. The fourth-order valence-electron chi connectivity index (χ4n) is 3.69. The molecule has 1 heterocycles. The summed E-state index contributed by atoms with van der Waals surface area (Å²) in [6, 6.07) is 15.2. The minimum atomic E-state index is -0.263. The van der Waals surface area contributed by atoms with Crippen molar-refractivity contribution in [2.24, 2.45) is 12.1 Å². The van der Waals surface area contributed by atoms with E-state index in [1.807, 2.05) is 54.1 Å². The highest BCUT2D eigenvalue weighted by Gasteiger charge is 2.12. The number of aryl methyl sites for hydroxylation is 1. The van der Waals surface area contributed by atoms with E-state index in [2.05, 4.69) is 17.5 Å². The Morgan fingerprint density at radius 3 is 2.56 bits per heavy atom. The van der Waals surface area contributed by atoms with E-state index in [9.17, 15) is 4.79 Å². The van der Waals surface area contributed by atoms with Crippen LogP contribution in [0, 0.1) is 0 Å². The molecule has 1 amide bonds. The van der Waals surface area contributed by atoms with Crippen LogP contribution in [0.25, 0.3) is 10.9 Å². The summed E-state index contributed by atoms with van der Waals surface area (Å²) in [6.07, 6.45) is 10.3. The summed E-state index contributed by atoms with van der Waals surface area (Å²) in [5, 5.41) is 5.64. The van der Waals surface area contributed by atoms with Crippen molar-refractivity contribution < 1.29 is 9.53 Å². The van der Waals surface area contributed by atoms with Gasteiger partial charge in [-0.3, -0.25) is 4.79 Å². The fraction of sp³-hybridized carbons (Fsp3) is 0.385. The van der Waals surface area contributed by atoms with E-state index < -0.39 is 0 Å². The number of hydrogen-bond acceptors (Lipinski definition) is 3. The van der Waals surface area contributed by atoms with Gasteiger partial charge in [0.15, 0.2) is 0 Å². The normalized spacial score (nSPS) is 11.3. The zero-order chi connectivity index (χ0) is 22.8. The Hall–Kier alpha value is -2.79. The lowest BCUT2D eigenvalue weighted by Gasteiger charge is -2.08. The summed E-state index contributed by atoms with van der Waals surface area (Å²) >= 11 is 6.35. The van der Waals surface area contributed by atoms with Crippen LogP contribution in [0.5, 0.6) is 5.75 Å². The monoisotopic (exact) mass is 453 g/mol. The zero-order valence-electron chi connectivity index (χ0n) is 18.9. The molecule has 1 N–H and O–H groups in total. The van der Waals surface area contributed by atoms with Crippen molar-refractivity contribution in [3.05, 3.63) is 64.8 Å². The highest BCUT2D eigenvalue weighted by Crippen LogP contribution is 2.25. The van der Waals surface area contributed by atoms with Crippen LogP contribution < -0.4 is 10.2 Å². The van der Waals surface area contributed by atoms with Crippen LogP contribution in [0.4, 0.5) is 0 Å². The SMILES string of the molecule is CCCCCCCCCOc1ccc(/C=N/NC(=O)c2cc3ccccc3n2C)cc1Cl. The molecule has 1 aromatic heterocycles. The Labute approximate surface area is 195 Å². The van der Waals surface area contributed by atoms with Gasteiger partial charge in [0, 0.05) is 18.0 Å². The van der Waals surface area contributed by atoms with E-state index >= 15 is 0 Å². The summed E-state index contributed by atoms with van der Waals surface area (Å²) in [4.78, 5) is 12.5. The number of hydrogen-bond donors (Lipinski definition) is 1. The number of aromatic nitrogens is 1. The van der Waals surface area contributed by atoms with Crippen LogP contribution in [0.1, 0.15) is 67.9 Å². The van der Waals surface area contributed by atoms with Crippen LogP contribution in [-0.4, -0.2) is 23.3 Å². The third-order valence-corrected chi connectivity index (χ3v) is 5.82. The average Bonchev–Trinajstić information content (AvgIpc) is 3.13. The largest absolute Gasteiger partial charge is 0.492 e. The Morgan fingerprint density at radius 2 is 1.81 bits per heavy atom. The molecule has 170 valence electrons. The van der Waals surface area contributed by atoms with E-state index in [0.717, 1.165) is 22.9 Å². The fourth-order valence-corrected chi connectivity index (χ4v) is 3.93. The standard InChI is InChI=1S/C26H32ClN3O2/c1-3-4-5-6-7-8-11-16-32-25-15-14-20(17-22(25)27)19-28-29-26(31)24-18-21-12-9-10-13-23(21)30(24)2/h9-10,12-15,17-19H,3-8,11,16H2,1-2H3,(H,29,31)/b28-19+. The van der Waals surface area contributed by atoms with Gasteiger partial charge in [0.1, 0.15) is 11.4 Å². The first-order valence-corrected chi connectivity index (χ1v) is 11.8. The predicted molar refractivity (Wildman–Crippen MR) is 133 cm³/mol. The number of para-hydroxylation sites is 1. The highest BCUT2D eigenvalue weighted by molar-refractivity contribution is 6.32. The van der Waals surface area contributed by atoms with E-state index in [1.54, 1.807) is 12.3 Å². The number of carbonyl (C=O) groups is 1. The van der Waals surface area contributed by atoms with Gasteiger partial charge < -0.3 is 9.30 Å². The Kier molecular flexibility index (Phi) is 9.17. The van der Waals surface area contributed by atoms with Crippen molar-refractivity contribution in [2.75, 3.05) is 6.61 Å². The van der Waals surface area contributed by atoms with Crippen molar-refractivity contribution in [3.8, 4) is 5.75 Å². The minimum absolute atomic E-state index is 0.263. The van der Waals surface area contributed by atoms with Gasteiger partial charge in [-0.15, -0.1) is 0 Å². The molecule has 0 aliphatic carbocycles. The van der Waals surface area contributed by atoms with Crippen molar-refractivity contribution in [3.63, 3.8) is 0 Å². The van der Waals surface area contributed by atoms with Gasteiger partial charge in [0.2, 0.25) is 0 Å². The first kappa shape index (κ1) is 23.9.